The summed E-state index contributed by atoms with van der Waals surface area (Å²) < 4.78 is 5.62. The van der Waals surface area contributed by atoms with Gasteiger partial charge in [0.2, 0.25) is 0 Å². The van der Waals surface area contributed by atoms with Crippen LogP contribution in [0.3, 0.4) is 0 Å². The van der Waals surface area contributed by atoms with Gasteiger partial charge in [0.05, 0.1) is 18.0 Å². The molecule has 2 rings (SSSR count). The third-order valence-electron chi connectivity index (χ3n) is 3.31. The molecule has 0 radical (unpaired) electrons. The van der Waals surface area contributed by atoms with Crippen LogP contribution in [-0.4, -0.2) is 37.2 Å². The van der Waals surface area contributed by atoms with Crippen LogP contribution in [0, 0.1) is 0 Å². The van der Waals surface area contributed by atoms with Gasteiger partial charge in [0, 0.05) is 20.2 Å². The Morgan fingerprint density at radius 3 is 3.00 bits per heavy atom. The van der Waals surface area contributed by atoms with Crippen molar-refractivity contribution in [1.82, 2.24) is 10.3 Å². The van der Waals surface area contributed by atoms with Crippen LogP contribution >= 0.6 is 0 Å². The van der Waals surface area contributed by atoms with Gasteiger partial charge in [-0.3, -0.25) is 4.79 Å². The minimum Gasteiger partial charge on any atom is -0.387 e. The van der Waals surface area contributed by atoms with E-state index < -0.39 is 0 Å². The first-order valence-corrected chi connectivity index (χ1v) is 6.83. The van der Waals surface area contributed by atoms with Gasteiger partial charge < -0.3 is 15.4 Å². The Morgan fingerprint density at radius 2 is 2.37 bits per heavy atom. The molecule has 2 N–H and O–H groups in total. The lowest BCUT2D eigenvalue weighted by Gasteiger charge is -2.22. The van der Waals surface area contributed by atoms with Gasteiger partial charge in [0.15, 0.2) is 0 Å². The maximum Gasteiger partial charge on any atom is 0.269 e. The van der Waals surface area contributed by atoms with Gasteiger partial charge in [-0.1, -0.05) is 0 Å². The van der Waals surface area contributed by atoms with Crippen LogP contribution in [0.5, 0.6) is 0 Å². The molecule has 1 amide bonds. The number of pyridine rings is 1. The average Bonchev–Trinajstić information content (AvgIpc) is 2.48. The van der Waals surface area contributed by atoms with E-state index in [1.54, 1.807) is 12.3 Å². The summed E-state index contributed by atoms with van der Waals surface area (Å²) in [6.45, 7) is 1.49. The van der Waals surface area contributed by atoms with Crippen molar-refractivity contribution in [3.05, 3.63) is 24.0 Å². The van der Waals surface area contributed by atoms with E-state index in [1.807, 2.05) is 13.1 Å². The highest BCUT2D eigenvalue weighted by Crippen LogP contribution is 2.14. The van der Waals surface area contributed by atoms with Crippen molar-refractivity contribution in [2.75, 3.05) is 25.5 Å². The third kappa shape index (κ3) is 4.21. The fraction of sp³-hybridized carbons (Fsp3) is 0.571. The topological polar surface area (TPSA) is 63.2 Å². The van der Waals surface area contributed by atoms with Gasteiger partial charge in [0.1, 0.15) is 5.69 Å². The monoisotopic (exact) mass is 263 g/mol. The summed E-state index contributed by atoms with van der Waals surface area (Å²) in [5.74, 6) is -0.126. The maximum atomic E-state index is 11.9. The fourth-order valence-electron chi connectivity index (χ4n) is 2.15. The van der Waals surface area contributed by atoms with Crippen molar-refractivity contribution >= 4 is 11.6 Å². The third-order valence-corrected chi connectivity index (χ3v) is 3.31. The number of hydrogen-bond acceptors (Lipinski definition) is 4. The van der Waals surface area contributed by atoms with Crippen LogP contribution in [0.4, 0.5) is 5.69 Å². The normalized spacial score (nSPS) is 18.9. The van der Waals surface area contributed by atoms with Crippen molar-refractivity contribution < 1.29 is 9.53 Å². The van der Waals surface area contributed by atoms with Crippen molar-refractivity contribution in [1.29, 1.82) is 0 Å². The van der Waals surface area contributed by atoms with Crippen molar-refractivity contribution in [2.45, 2.75) is 31.8 Å². The average molecular weight is 263 g/mol. The molecule has 5 nitrogen and oxygen atoms in total. The van der Waals surface area contributed by atoms with Crippen LogP contribution in [0.1, 0.15) is 36.2 Å². The van der Waals surface area contributed by atoms with E-state index >= 15 is 0 Å². The molecule has 1 unspecified atom stereocenters. The molecule has 1 aromatic rings. The molecule has 1 saturated heterocycles. The van der Waals surface area contributed by atoms with Crippen LogP contribution in [0.15, 0.2) is 18.3 Å². The number of hydrogen-bond donors (Lipinski definition) is 2. The molecule has 0 aliphatic carbocycles. The minimum atomic E-state index is -0.126. The molecule has 5 heteroatoms. The van der Waals surface area contributed by atoms with Gasteiger partial charge in [-0.2, -0.15) is 0 Å². The highest BCUT2D eigenvalue weighted by atomic mass is 16.5. The van der Waals surface area contributed by atoms with Crippen LogP contribution in [0.25, 0.3) is 0 Å². The summed E-state index contributed by atoms with van der Waals surface area (Å²) in [7, 11) is 1.82. The zero-order chi connectivity index (χ0) is 13.5. The van der Waals surface area contributed by atoms with Crippen LogP contribution in [0.2, 0.25) is 0 Å². The van der Waals surface area contributed by atoms with E-state index in [2.05, 4.69) is 15.6 Å². The number of amides is 1. The molecule has 1 atom stereocenters. The first-order valence-electron chi connectivity index (χ1n) is 6.83. The van der Waals surface area contributed by atoms with E-state index in [4.69, 9.17) is 4.74 Å². The molecule has 0 saturated carbocycles. The number of nitrogens with zero attached hydrogens (tertiary/aromatic N) is 1. The summed E-state index contributed by atoms with van der Waals surface area (Å²) in [4.78, 5) is 16.0. The lowest BCUT2D eigenvalue weighted by Crippen LogP contribution is -2.29. The highest BCUT2D eigenvalue weighted by Gasteiger charge is 2.14. The molecule has 1 aromatic heterocycles. The molecule has 0 spiro atoms. The Bertz CT molecular complexity index is 400. The van der Waals surface area contributed by atoms with E-state index in [0.29, 0.717) is 18.3 Å². The molecular weight excluding hydrogens is 242 g/mol. The van der Waals surface area contributed by atoms with E-state index in [9.17, 15) is 4.79 Å². The Kier molecular flexibility index (Phi) is 5.15. The molecule has 1 aliphatic heterocycles. The first-order chi connectivity index (χ1) is 9.29. The molecule has 104 valence electrons. The zero-order valence-electron chi connectivity index (χ0n) is 11.3. The minimum absolute atomic E-state index is 0.126. The first kappa shape index (κ1) is 13.8. The molecule has 1 fully saturated rings. The second-order valence-electron chi connectivity index (χ2n) is 4.72. The smallest absolute Gasteiger partial charge is 0.269 e. The summed E-state index contributed by atoms with van der Waals surface area (Å²) >= 11 is 0. The van der Waals surface area contributed by atoms with E-state index in [1.165, 1.54) is 6.42 Å². The number of carbonyl (C=O) groups is 1. The molecule has 2 heterocycles. The largest absolute Gasteiger partial charge is 0.387 e. The second-order valence-corrected chi connectivity index (χ2v) is 4.72. The highest BCUT2D eigenvalue weighted by molar-refractivity contribution is 5.92. The summed E-state index contributed by atoms with van der Waals surface area (Å²) in [5, 5.41) is 5.85. The Balaban J connectivity index is 1.73. The zero-order valence-corrected chi connectivity index (χ0v) is 11.3. The Hall–Kier alpha value is -1.62. The Morgan fingerprint density at radius 1 is 1.47 bits per heavy atom. The van der Waals surface area contributed by atoms with Crippen molar-refractivity contribution in [3.63, 3.8) is 0 Å². The summed E-state index contributed by atoms with van der Waals surface area (Å²) in [6, 6.07) is 3.56. The fourth-order valence-corrected chi connectivity index (χ4v) is 2.15. The standard InChI is InChI=1S/C14H21N3O2/c1-15-11-5-6-13(17-10-11)14(18)16-8-7-12-4-2-3-9-19-12/h5-6,10,12,15H,2-4,7-9H2,1H3,(H,16,18). The second kappa shape index (κ2) is 7.09. The lowest BCUT2D eigenvalue weighted by atomic mass is 10.1. The van der Waals surface area contributed by atoms with Gasteiger partial charge in [0.25, 0.3) is 5.91 Å². The number of nitrogens with one attached hydrogen (secondary N) is 2. The summed E-state index contributed by atoms with van der Waals surface area (Å²) in [5.41, 5.74) is 1.34. The van der Waals surface area contributed by atoms with Gasteiger partial charge >= 0.3 is 0 Å². The predicted octanol–water partition coefficient (Wildman–Crippen LogP) is 1.81. The quantitative estimate of drug-likeness (QED) is 0.850. The Labute approximate surface area is 113 Å². The molecular formula is C14H21N3O2. The van der Waals surface area contributed by atoms with Gasteiger partial charge in [-0.15, -0.1) is 0 Å². The van der Waals surface area contributed by atoms with Crippen LogP contribution < -0.4 is 10.6 Å². The van der Waals surface area contributed by atoms with E-state index in [-0.39, 0.29) is 5.91 Å². The molecule has 0 bridgehead atoms. The summed E-state index contributed by atoms with van der Waals surface area (Å²) in [6.07, 6.45) is 6.31. The number of rotatable bonds is 5. The van der Waals surface area contributed by atoms with E-state index in [0.717, 1.165) is 31.6 Å². The van der Waals surface area contributed by atoms with Crippen molar-refractivity contribution in [2.24, 2.45) is 0 Å². The van der Waals surface area contributed by atoms with Gasteiger partial charge in [-0.05, 0) is 37.8 Å². The van der Waals surface area contributed by atoms with Crippen molar-refractivity contribution in [3.8, 4) is 0 Å². The van der Waals surface area contributed by atoms with Crippen LogP contribution in [-0.2, 0) is 4.74 Å². The van der Waals surface area contributed by atoms with Gasteiger partial charge in [-0.25, -0.2) is 4.98 Å². The number of carbonyl (C=O) groups excluding carboxylic acids is 1. The predicted molar refractivity (Wildman–Crippen MR) is 74.3 cm³/mol. The number of ether oxygens (including phenoxy) is 1. The lowest BCUT2D eigenvalue weighted by molar-refractivity contribution is 0.0117. The maximum absolute atomic E-state index is 11.9. The SMILES string of the molecule is CNc1ccc(C(=O)NCCC2CCCCO2)nc1. The molecule has 0 aromatic carbocycles. The molecule has 1 aliphatic rings. The molecule has 19 heavy (non-hydrogen) atoms. The number of aromatic nitrogens is 1. The number of anilines is 1.